The number of aromatic nitrogens is 9. The first-order chi connectivity index (χ1) is 51.6. The van der Waals surface area contributed by atoms with Crippen molar-refractivity contribution in [2.75, 3.05) is 75.8 Å². The van der Waals surface area contributed by atoms with Gasteiger partial charge in [0.25, 0.3) is 17.7 Å². The van der Waals surface area contributed by atoms with Crippen molar-refractivity contribution in [1.29, 1.82) is 0 Å². The lowest BCUT2D eigenvalue weighted by Crippen LogP contribution is -2.28. The van der Waals surface area contributed by atoms with Crippen molar-refractivity contribution in [3.05, 3.63) is 204 Å². The van der Waals surface area contributed by atoms with Crippen molar-refractivity contribution in [2.24, 2.45) is 0 Å². The molecule has 1 unspecified atom stereocenters. The van der Waals surface area contributed by atoms with Crippen LogP contribution in [0.3, 0.4) is 0 Å². The van der Waals surface area contributed by atoms with Crippen LogP contribution in [0.2, 0.25) is 0 Å². The Bertz CT molecular complexity index is 5630. The SMILES string of the molecule is CC(C)S(=O)(=O)c1ccc(-c2cnc3[nH]cc(N4C(=O)c5ccccc5C4CCO)c3n2)cc1.CC(C)S(=O)(=O)c1ccc(-c2cnc3[nH]cc(N4Cc5cc(OCCN(C)C)ccc5C4=O)c3n2)cc1.CC(C)S(=O)(=O)c1ccc(-c2cnc3[nH]cc(N4Cc5ccc(OCCN(C)C)cc5C4=O)c3n2)cc1.[HH].[HH].[HH].[HH]. The third-order valence-electron chi connectivity index (χ3n) is 19.1. The lowest BCUT2D eigenvalue weighted by Gasteiger charge is -2.24. The van der Waals surface area contributed by atoms with Gasteiger partial charge in [0.15, 0.2) is 46.5 Å². The van der Waals surface area contributed by atoms with Gasteiger partial charge in [-0.1, -0.05) is 60.7 Å². The van der Waals surface area contributed by atoms with E-state index in [4.69, 9.17) is 24.4 Å². The number of carbonyl (C=O) groups excluding carboxylic acids is 3. The molecule has 1 atom stereocenters. The fourth-order valence-corrected chi connectivity index (χ4v) is 16.0. The fraction of sp³-hybridized carbons (Fsp3) is 0.278. The average molecular weight is 1520 g/mol. The summed E-state index contributed by atoms with van der Waals surface area (Å²) in [5, 5.41) is 8.15. The van der Waals surface area contributed by atoms with Gasteiger partial charge in [-0.15, -0.1) is 0 Å². The minimum Gasteiger partial charge on any atom is -0.492 e. The number of H-pyrrole nitrogens is 3. The Hall–Kier alpha value is -11.1. The van der Waals surface area contributed by atoms with Gasteiger partial charge in [0.05, 0.1) is 102 Å². The van der Waals surface area contributed by atoms with Crippen LogP contribution in [-0.4, -0.2) is 180 Å². The summed E-state index contributed by atoms with van der Waals surface area (Å²) in [7, 11) is -2.15. The number of amides is 3. The highest BCUT2D eigenvalue weighted by Gasteiger charge is 2.39. The normalized spacial score (nSPS) is 14.4. The molecule has 29 heteroatoms. The lowest BCUT2D eigenvalue weighted by atomic mass is 10.0. The van der Waals surface area contributed by atoms with E-state index in [0.717, 1.165) is 46.7 Å². The summed E-state index contributed by atoms with van der Waals surface area (Å²) >= 11 is 0. The first kappa shape index (κ1) is 75.2. The zero-order chi connectivity index (χ0) is 76.7. The van der Waals surface area contributed by atoms with Crippen LogP contribution in [0.5, 0.6) is 11.5 Å². The number of anilines is 3. The van der Waals surface area contributed by atoms with Gasteiger partial charge >= 0.3 is 0 Å². The Balaban J connectivity index is 0.000000190. The number of benzene rings is 6. The average Bonchev–Trinajstić information content (AvgIpc) is 1.60. The Labute approximate surface area is 631 Å². The van der Waals surface area contributed by atoms with Crippen molar-refractivity contribution in [3.63, 3.8) is 0 Å². The molecule has 0 saturated heterocycles. The molecule has 0 bridgehead atoms. The summed E-state index contributed by atoms with van der Waals surface area (Å²) in [6.07, 6.45) is 10.5. The van der Waals surface area contributed by atoms with Gasteiger partial charge in [0.1, 0.15) is 41.3 Å². The molecule has 9 heterocycles. The molecule has 108 heavy (non-hydrogen) atoms. The predicted molar refractivity (Wildman–Crippen MR) is 423 cm³/mol. The largest absolute Gasteiger partial charge is 0.492 e. The summed E-state index contributed by atoms with van der Waals surface area (Å²) < 4.78 is 86.3. The van der Waals surface area contributed by atoms with Gasteiger partial charge in [-0.3, -0.25) is 19.3 Å². The third kappa shape index (κ3) is 14.9. The Kier molecular flexibility index (Phi) is 21.3. The minimum absolute atomic E-state index is 0. The van der Waals surface area contributed by atoms with Gasteiger partial charge in [-0.25, -0.2) is 55.2 Å². The molecular weight excluding hydrogens is 1430 g/mol. The second-order valence-corrected chi connectivity index (χ2v) is 35.3. The Morgan fingerprint density at radius 1 is 0.481 bits per heavy atom. The number of aliphatic hydroxyl groups is 1. The van der Waals surface area contributed by atoms with E-state index in [0.29, 0.717) is 128 Å². The van der Waals surface area contributed by atoms with Crippen molar-refractivity contribution in [1.82, 2.24) is 54.7 Å². The quantitative estimate of drug-likeness (QED) is 0.0490. The van der Waals surface area contributed by atoms with Crippen LogP contribution in [-0.2, 0) is 42.6 Å². The molecule has 0 saturated carbocycles. The molecule has 0 fully saturated rings. The highest BCUT2D eigenvalue weighted by molar-refractivity contribution is 7.92. The molecule has 26 nitrogen and oxygen atoms in total. The van der Waals surface area contributed by atoms with Gasteiger partial charge in [0, 0.05) is 77.4 Å². The second kappa shape index (κ2) is 30.6. The topological polar surface area (TPSA) is 333 Å². The van der Waals surface area contributed by atoms with Gasteiger partial charge in [-0.05, 0) is 166 Å². The number of carbonyl (C=O) groups is 3. The summed E-state index contributed by atoms with van der Waals surface area (Å²) in [6.45, 7) is 13.4. The number of nitrogens with one attached hydrogen (secondary N) is 3. The molecule has 6 aromatic heterocycles. The summed E-state index contributed by atoms with van der Waals surface area (Å²) in [5.41, 5.74) is 13.7. The molecule has 3 aliphatic heterocycles. The van der Waals surface area contributed by atoms with Crippen LogP contribution >= 0.6 is 0 Å². The summed E-state index contributed by atoms with van der Waals surface area (Å²) in [4.78, 5) is 86.9. The zero-order valence-electron chi connectivity index (χ0n) is 61.2. The van der Waals surface area contributed by atoms with E-state index in [1.807, 2.05) is 80.5 Å². The number of fused-ring (bicyclic) bond motifs is 6. The first-order valence-corrected chi connectivity index (χ1v) is 39.8. The van der Waals surface area contributed by atoms with Crippen LogP contribution in [0.25, 0.3) is 67.3 Å². The maximum absolute atomic E-state index is 13.4. The van der Waals surface area contributed by atoms with Crippen LogP contribution in [0.4, 0.5) is 17.1 Å². The molecule has 4 N–H and O–H groups in total. The van der Waals surface area contributed by atoms with Gasteiger partial charge < -0.3 is 49.1 Å². The van der Waals surface area contributed by atoms with E-state index in [1.54, 1.807) is 184 Å². The molecular formula is C79H90N14O12S3. The molecule has 3 amide bonds. The van der Waals surface area contributed by atoms with E-state index in [9.17, 15) is 44.7 Å². The summed E-state index contributed by atoms with van der Waals surface area (Å²) in [5.74, 6) is 1.03. The highest BCUT2D eigenvalue weighted by atomic mass is 32.2. The molecule has 3 aliphatic rings. The first-order valence-electron chi connectivity index (χ1n) is 35.2. The van der Waals surface area contributed by atoms with Crippen LogP contribution in [0.1, 0.15) is 107 Å². The number of hydrogen-bond donors (Lipinski definition) is 4. The van der Waals surface area contributed by atoms with Crippen molar-refractivity contribution in [2.45, 2.75) is 97.5 Å². The third-order valence-corrected chi connectivity index (χ3v) is 25.6. The molecule has 12 aromatic rings. The van der Waals surface area contributed by atoms with Crippen molar-refractivity contribution >= 4 is 97.8 Å². The Morgan fingerprint density at radius 2 is 0.880 bits per heavy atom. The molecule has 0 aliphatic carbocycles. The number of hydrogen-bond acceptors (Lipinski definition) is 20. The van der Waals surface area contributed by atoms with Crippen molar-refractivity contribution in [3.8, 4) is 45.3 Å². The van der Waals surface area contributed by atoms with Gasteiger partial charge in [-0.2, -0.15) is 0 Å². The minimum atomic E-state index is -3.37. The maximum Gasteiger partial charge on any atom is 0.259 e. The number of rotatable bonds is 22. The predicted octanol–water partition coefficient (Wildman–Crippen LogP) is 12.7. The van der Waals surface area contributed by atoms with Gasteiger partial charge in [0.2, 0.25) is 0 Å². The highest BCUT2D eigenvalue weighted by Crippen LogP contribution is 2.43. The van der Waals surface area contributed by atoms with Crippen LogP contribution in [0.15, 0.2) is 185 Å². The monoisotopic (exact) mass is 1520 g/mol. The number of sulfone groups is 3. The maximum atomic E-state index is 13.4. The number of likely N-dealkylation sites (N-methyl/N-ethyl adjacent to an activating group) is 2. The Morgan fingerprint density at radius 3 is 1.31 bits per heavy atom. The second-order valence-electron chi connectivity index (χ2n) is 27.7. The van der Waals surface area contributed by atoms with Crippen molar-refractivity contribution < 1.29 is 59.9 Å². The smallest absolute Gasteiger partial charge is 0.259 e. The molecule has 6 aromatic carbocycles. The zero-order valence-corrected chi connectivity index (χ0v) is 63.7. The molecule has 0 radical (unpaired) electrons. The van der Waals surface area contributed by atoms with E-state index in [1.165, 1.54) is 0 Å². The number of aliphatic hydroxyl groups excluding tert-OH is 1. The van der Waals surface area contributed by atoms with E-state index in [2.05, 4.69) is 29.9 Å². The summed E-state index contributed by atoms with van der Waals surface area (Å²) in [6, 6.07) is 38.1. The molecule has 566 valence electrons. The number of aromatic amines is 3. The van der Waals surface area contributed by atoms with Crippen LogP contribution in [0, 0.1) is 0 Å². The molecule has 0 spiro atoms. The number of ether oxygens (including phenoxy) is 2. The van der Waals surface area contributed by atoms with Crippen LogP contribution < -0.4 is 24.2 Å². The van der Waals surface area contributed by atoms with E-state index < -0.39 is 45.3 Å². The van der Waals surface area contributed by atoms with E-state index >= 15 is 0 Å². The van der Waals surface area contributed by atoms with E-state index in [-0.39, 0.29) is 50.8 Å². The number of nitrogens with zero attached hydrogens (tertiary/aromatic N) is 11. The standard InChI is InChI=1S/2C27H29N5O4S.C25H24N4O4S.4H2/c1-17(2)37(34,35)21-9-6-18(7-10-21)23-14-28-26-25(30-23)24(15-29-26)32-16-19-5-8-20(13-22(19)27(32)33)36-12-11-31(3)4;1-17(2)37(34,35)21-8-5-18(6-9-21)23-14-28-26-25(30-23)24(15-29-26)32-16-19-13-20(36-12-11-31(3)4)7-10-22(19)27(32)33;1-15(2)34(32,33)17-9-7-16(8-10-17)20-13-26-24-23(28-20)22(14-27-24)29-21(11-12-30)18-5-3-4-6-19(18)25(29)31;;;;/h2*5-10,13-15,17H,11-12,16H2,1-4H3,(H,28,29);3-10,13-15,21,30H,11-12H2,1-2H3,(H,26,27);4*1H. The lowest BCUT2D eigenvalue weighted by molar-refractivity contribution is 0.0983. The molecule has 15 rings (SSSR count). The fourth-order valence-electron chi connectivity index (χ4n) is 12.8.